The van der Waals surface area contributed by atoms with Crippen LogP contribution in [0, 0.1) is 13.8 Å². The molecule has 9 nitrogen and oxygen atoms in total. The highest BCUT2D eigenvalue weighted by molar-refractivity contribution is 7.86. The summed E-state index contributed by atoms with van der Waals surface area (Å²) in [5.74, 6) is 0.487. The second-order valence-electron chi connectivity index (χ2n) is 8.04. The molecule has 34 heavy (non-hydrogen) atoms. The quantitative estimate of drug-likeness (QED) is 0.402. The number of aryl methyl sites for hydroxylation is 2. The molecule has 182 valence electrons. The molecule has 3 rings (SSSR count). The summed E-state index contributed by atoms with van der Waals surface area (Å²) in [4.78, 5) is 20.7. The Hall–Kier alpha value is -3.21. The third-order valence-electron chi connectivity index (χ3n) is 5.02. The third kappa shape index (κ3) is 6.43. The average Bonchev–Trinajstić information content (AvgIpc) is 3.26. The van der Waals surface area contributed by atoms with Gasteiger partial charge < -0.3 is 14.0 Å². The predicted molar refractivity (Wildman–Crippen MR) is 127 cm³/mol. The number of hydroxylamine groups is 1. The first-order chi connectivity index (χ1) is 16.1. The van der Waals surface area contributed by atoms with E-state index in [9.17, 15) is 13.2 Å². The van der Waals surface area contributed by atoms with E-state index in [-0.39, 0.29) is 13.2 Å². The Morgan fingerprint density at radius 1 is 1.09 bits per heavy atom. The minimum atomic E-state index is -3.89. The number of rotatable bonds is 10. The highest BCUT2D eigenvalue weighted by Crippen LogP contribution is 2.24. The van der Waals surface area contributed by atoms with Gasteiger partial charge >= 0.3 is 16.2 Å². The second-order valence-corrected chi connectivity index (χ2v) is 10.1. The number of aromatic nitrogens is 1. The van der Waals surface area contributed by atoms with Crippen molar-refractivity contribution in [2.45, 2.75) is 33.8 Å². The molecule has 0 fully saturated rings. The van der Waals surface area contributed by atoms with Crippen molar-refractivity contribution in [1.29, 1.82) is 0 Å². The van der Waals surface area contributed by atoms with Crippen LogP contribution < -0.4 is 4.74 Å². The van der Waals surface area contributed by atoms with E-state index in [0.717, 1.165) is 33.5 Å². The molecule has 0 bridgehead atoms. The third-order valence-corrected chi connectivity index (χ3v) is 6.71. The van der Waals surface area contributed by atoms with Crippen molar-refractivity contribution in [3.8, 4) is 17.2 Å². The molecule has 1 aromatic heterocycles. The van der Waals surface area contributed by atoms with Gasteiger partial charge in [-0.15, -0.1) is 0 Å². The molecule has 0 unspecified atom stereocenters. The molecule has 0 amide bonds. The molecule has 0 aliphatic carbocycles. The van der Waals surface area contributed by atoms with Crippen LogP contribution in [0.15, 0.2) is 53.1 Å². The first kappa shape index (κ1) is 25.4. The van der Waals surface area contributed by atoms with Crippen LogP contribution in [0.3, 0.4) is 0 Å². The van der Waals surface area contributed by atoms with Gasteiger partial charge in [-0.1, -0.05) is 29.8 Å². The number of oxazole rings is 1. The summed E-state index contributed by atoms with van der Waals surface area (Å²) in [7, 11) is -1.15. The first-order valence-corrected chi connectivity index (χ1v) is 12.1. The summed E-state index contributed by atoms with van der Waals surface area (Å²) in [6.07, 6.45) is 1.93. The van der Waals surface area contributed by atoms with Gasteiger partial charge in [0.25, 0.3) is 0 Å². The topological polar surface area (TPSA) is 102 Å². The van der Waals surface area contributed by atoms with Gasteiger partial charge in [-0.2, -0.15) is 12.7 Å². The summed E-state index contributed by atoms with van der Waals surface area (Å²) in [5, 5.41) is 0. The van der Waals surface area contributed by atoms with E-state index in [4.69, 9.17) is 14.0 Å². The predicted octanol–water partition coefficient (Wildman–Crippen LogP) is 3.67. The minimum absolute atomic E-state index is 0.0135. The number of hydrogen-bond acceptors (Lipinski definition) is 7. The maximum absolute atomic E-state index is 12.3. The molecule has 0 saturated heterocycles. The molecule has 1 heterocycles. The maximum Gasteiger partial charge on any atom is 0.323 e. The van der Waals surface area contributed by atoms with Gasteiger partial charge in [-0.25, -0.2) is 4.98 Å². The molecule has 0 spiro atoms. The lowest BCUT2D eigenvalue weighted by molar-refractivity contribution is -0.167. The van der Waals surface area contributed by atoms with Crippen molar-refractivity contribution >= 4 is 16.2 Å². The summed E-state index contributed by atoms with van der Waals surface area (Å²) in [6.45, 7) is 5.42. The van der Waals surface area contributed by atoms with E-state index >= 15 is 0 Å². The van der Waals surface area contributed by atoms with Crippen LogP contribution in [-0.4, -0.2) is 48.8 Å². The number of benzene rings is 2. The van der Waals surface area contributed by atoms with Gasteiger partial charge in [0, 0.05) is 26.6 Å². The highest BCUT2D eigenvalue weighted by atomic mass is 32.2. The van der Waals surface area contributed by atoms with Crippen LogP contribution in [0.2, 0.25) is 0 Å². The van der Waals surface area contributed by atoms with Gasteiger partial charge in [0.15, 0.2) is 0 Å². The molecular formula is C24H29N3O6S. The minimum Gasteiger partial charge on any atom is -0.487 e. The van der Waals surface area contributed by atoms with E-state index < -0.39 is 16.2 Å². The summed E-state index contributed by atoms with van der Waals surface area (Å²) in [5.41, 5.74) is 4.70. The van der Waals surface area contributed by atoms with Crippen molar-refractivity contribution in [3.63, 3.8) is 0 Å². The summed E-state index contributed by atoms with van der Waals surface area (Å²) < 4.78 is 37.8. The Morgan fingerprint density at radius 2 is 1.79 bits per heavy atom. The smallest absolute Gasteiger partial charge is 0.323 e. The van der Waals surface area contributed by atoms with Crippen molar-refractivity contribution in [2.24, 2.45) is 0 Å². The zero-order chi connectivity index (χ0) is 24.9. The fraction of sp³-hybridized carbons (Fsp3) is 0.333. The van der Waals surface area contributed by atoms with Gasteiger partial charge in [-0.3, -0.25) is 4.79 Å². The molecule has 0 atom stereocenters. The maximum atomic E-state index is 12.3. The number of carbonyl (C=O) groups is 1. The molecule has 10 heteroatoms. The van der Waals surface area contributed by atoms with Gasteiger partial charge in [-0.05, 0) is 54.1 Å². The molecule has 2 aromatic carbocycles. The molecule has 0 radical (unpaired) electrons. The number of nitrogens with zero attached hydrogens (tertiary/aromatic N) is 3. The Kier molecular flexibility index (Phi) is 8.08. The van der Waals surface area contributed by atoms with Gasteiger partial charge in [0.05, 0.1) is 6.54 Å². The standard InChI is InChI=1S/C24H29N3O6S/c1-17-6-7-18(2)23(14-17)24-25-21(16-32-24)15-31-22-10-8-20(9-11-22)12-13-27(33-19(3)28)34(29,30)26(4)5/h6-11,14,16H,12-13,15H2,1-5H3. The number of carbonyl (C=O) groups excluding carboxylic acids is 1. The Bertz CT molecular complexity index is 1240. The van der Waals surface area contributed by atoms with E-state index in [2.05, 4.69) is 4.98 Å². The Morgan fingerprint density at radius 3 is 2.44 bits per heavy atom. The number of ether oxygens (including phenoxy) is 1. The lowest BCUT2D eigenvalue weighted by Crippen LogP contribution is -2.42. The van der Waals surface area contributed by atoms with Crippen LogP contribution in [0.1, 0.15) is 29.3 Å². The fourth-order valence-corrected chi connectivity index (χ4v) is 4.01. The molecule has 0 aliphatic heterocycles. The average molecular weight is 488 g/mol. The van der Waals surface area contributed by atoms with Crippen molar-refractivity contribution in [3.05, 3.63) is 71.1 Å². The van der Waals surface area contributed by atoms with Crippen LogP contribution in [0.4, 0.5) is 0 Å². The van der Waals surface area contributed by atoms with E-state index in [1.807, 2.05) is 44.2 Å². The van der Waals surface area contributed by atoms with E-state index in [1.165, 1.54) is 14.1 Å². The highest BCUT2D eigenvalue weighted by Gasteiger charge is 2.27. The Balaban J connectivity index is 1.58. The lowest BCUT2D eigenvalue weighted by Gasteiger charge is -2.23. The summed E-state index contributed by atoms with van der Waals surface area (Å²) in [6, 6.07) is 13.4. The van der Waals surface area contributed by atoms with Crippen LogP contribution in [-0.2, 0) is 32.9 Å². The van der Waals surface area contributed by atoms with Gasteiger partial charge in [0.1, 0.15) is 24.3 Å². The Labute approximate surface area is 200 Å². The van der Waals surface area contributed by atoms with E-state index in [0.29, 0.717) is 28.2 Å². The fourth-order valence-electron chi connectivity index (χ4n) is 3.13. The van der Waals surface area contributed by atoms with Gasteiger partial charge in [0.2, 0.25) is 5.89 Å². The second kappa shape index (κ2) is 10.8. The van der Waals surface area contributed by atoms with Crippen molar-refractivity contribution in [2.75, 3.05) is 20.6 Å². The molecule has 0 aliphatic rings. The number of hydrogen-bond donors (Lipinski definition) is 0. The lowest BCUT2D eigenvalue weighted by atomic mass is 10.1. The monoisotopic (exact) mass is 487 g/mol. The summed E-state index contributed by atoms with van der Waals surface area (Å²) >= 11 is 0. The SMILES string of the molecule is CC(=O)ON(CCc1ccc(OCc2coc(-c3cc(C)ccc3C)n2)cc1)S(=O)(=O)N(C)C. The van der Waals surface area contributed by atoms with Crippen LogP contribution in [0.25, 0.3) is 11.5 Å². The first-order valence-electron chi connectivity index (χ1n) is 10.7. The largest absolute Gasteiger partial charge is 0.487 e. The molecular weight excluding hydrogens is 458 g/mol. The normalized spacial score (nSPS) is 11.7. The molecule has 0 N–H and O–H groups in total. The zero-order valence-corrected chi connectivity index (χ0v) is 20.8. The van der Waals surface area contributed by atoms with Crippen LogP contribution in [0.5, 0.6) is 5.75 Å². The van der Waals surface area contributed by atoms with Crippen molar-refractivity contribution in [1.82, 2.24) is 13.8 Å². The molecule has 0 saturated carbocycles. The zero-order valence-electron chi connectivity index (χ0n) is 19.9. The van der Waals surface area contributed by atoms with Crippen molar-refractivity contribution < 1.29 is 27.2 Å². The van der Waals surface area contributed by atoms with E-state index in [1.54, 1.807) is 18.4 Å². The molecule has 3 aromatic rings. The van der Waals surface area contributed by atoms with Crippen LogP contribution >= 0.6 is 0 Å².